The first-order valence-electron chi connectivity index (χ1n) is 20.7. The maximum Gasteiger partial charge on any atom is 0.306 e. The number of rotatable bonds is 37. The quantitative estimate of drug-likeness (QED) is 0.0245. The van der Waals surface area contributed by atoms with Crippen molar-refractivity contribution in [2.24, 2.45) is 11.5 Å². The Labute approximate surface area is 349 Å². The molecule has 0 amide bonds. The Balaban J connectivity index is -0.0000115. The van der Waals surface area contributed by atoms with Gasteiger partial charge in [-0.25, -0.2) is 0 Å². The smallest absolute Gasteiger partial charge is 0.306 e. The zero-order valence-corrected chi connectivity index (χ0v) is 37.7. The zero-order valence-electron chi connectivity index (χ0n) is 33.0. The molecule has 5 N–H and O–H groups in total. The molecule has 0 aromatic heterocycles. The Morgan fingerprint density at radius 3 is 1.24 bits per heavy atom. The maximum atomic E-state index is 12.7. The first kappa shape index (κ1) is 55.1. The van der Waals surface area contributed by atoms with Gasteiger partial charge in [0.05, 0.1) is 0 Å². The summed E-state index contributed by atoms with van der Waals surface area (Å²) in [5, 5.41) is 9.44. The highest BCUT2D eigenvalue weighted by Crippen LogP contribution is 2.16. The van der Waals surface area contributed by atoms with Gasteiger partial charge in [-0.1, -0.05) is 141 Å². The molecule has 0 radical (unpaired) electrons. The number of carbonyl (C=O) groups is 2. The number of carbonyl (C=O) groups excluding carboxylic acids is 2. The van der Waals surface area contributed by atoms with Crippen LogP contribution in [0.2, 0.25) is 0 Å². The molecule has 3 atom stereocenters. The highest BCUT2D eigenvalue weighted by molar-refractivity contribution is 14.0. The number of ether oxygens (including phenoxy) is 2. The van der Waals surface area contributed by atoms with E-state index >= 15 is 0 Å². The van der Waals surface area contributed by atoms with Gasteiger partial charge in [0, 0.05) is 32.0 Å². The minimum absolute atomic E-state index is 0. The SMILES string of the molecule is CCCCCCCC/C=C\CCCCCCCC(=O)OC(CN)C(OC(=O)CCCCCCC/C=C\CCCCCCCC)C(N)CCO.I.I. The molecule has 0 fully saturated rings. The summed E-state index contributed by atoms with van der Waals surface area (Å²) in [6, 6.07) is -0.663. The highest BCUT2D eigenvalue weighted by atomic mass is 127. The molecule has 0 heterocycles. The maximum absolute atomic E-state index is 12.7. The number of allylic oxidation sites excluding steroid dienone is 4. The number of halogens is 2. The van der Waals surface area contributed by atoms with E-state index in [1.54, 1.807) is 0 Å². The van der Waals surface area contributed by atoms with Gasteiger partial charge in [0.2, 0.25) is 0 Å². The lowest BCUT2D eigenvalue weighted by atomic mass is 10.0. The van der Waals surface area contributed by atoms with E-state index in [0.29, 0.717) is 12.8 Å². The molecule has 0 bridgehead atoms. The monoisotopic (exact) mass is 948 g/mol. The topological polar surface area (TPSA) is 125 Å². The van der Waals surface area contributed by atoms with Crippen LogP contribution < -0.4 is 11.5 Å². The number of hydrogen-bond acceptors (Lipinski definition) is 7. The molecular formula is C42H82I2N2O5. The second kappa shape index (κ2) is 44.2. The highest BCUT2D eigenvalue weighted by Gasteiger charge is 2.32. The van der Waals surface area contributed by atoms with Crippen molar-refractivity contribution in [3.63, 3.8) is 0 Å². The van der Waals surface area contributed by atoms with Crippen molar-refractivity contribution in [3.8, 4) is 0 Å². The van der Waals surface area contributed by atoms with Gasteiger partial charge in [0.25, 0.3) is 0 Å². The van der Waals surface area contributed by atoms with Gasteiger partial charge < -0.3 is 26.0 Å². The van der Waals surface area contributed by atoms with E-state index in [9.17, 15) is 14.7 Å². The summed E-state index contributed by atoms with van der Waals surface area (Å²) in [7, 11) is 0. The van der Waals surface area contributed by atoms with Gasteiger partial charge in [0.15, 0.2) is 12.2 Å². The minimum atomic E-state index is -0.870. The normalized spacial score (nSPS) is 13.1. The number of aliphatic hydroxyl groups is 1. The van der Waals surface area contributed by atoms with Crippen molar-refractivity contribution in [1.82, 2.24) is 0 Å². The average Bonchev–Trinajstić information content (AvgIpc) is 3.09. The van der Waals surface area contributed by atoms with Crippen molar-refractivity contribution >= 4 is 59.9 Å². The lowest BCUT2D eigenvalue weighted by Gasteiger charge is -2.30. The molecule has 0 spiro atoms. The number of hydrogen-bond donors (Lipinski definition) is 3. The second-order valence-electron chi connectivity index (χ2n) is 14.1. The molecule has 0 aliphatic heterocycles. The van der Waals surface area contributed by atoms with Crippen molar-refractivity contribution in [2.75, 3.05) is 13.2 Å². The number of aliphatic hydroxyl groups excluding tert-OH is 1. The van der Waals surface area contributed by atoms with Crippen LogP contribution in [0.15, 0.2) is 24.3 Å². The van der Waals surface area contributed by atoms with E-state index in [2.05, 4.69) is 38.2 Å². The molecule has 9 heteroatoms. The molecule has 3 unspecified atom stereocenters. The second-order valence-corrected chi connectivity index (χ2v) is 14.1. The van der Waals surface area contributed by atoms with Crippen LogP contribution in [0.3, 0.4) is 0 Å². The van der Waals surface area contributed by atoms with Gasteiger partial charge in [-0.3, -0.25) is 9.59 Å². The average molecular weight is 949 g/mol. The number of esters is 2. The van der Waals surface area contributed by atoms with Crippen molar-refractivity contribution in [1.29, 1.82) is 0 Å². The lowest BCUT2D eigenvalue weighted by molar-refractivity contribution is -0.169. The van der Waals surface area contributed by atoms with Crippen LogP contribution in [0.1, 0.15) is 200 Å². The molecule has 0 rings (SSSR count). The van der Waals surface area contributed by atoms with Crippen LogP contribution in [0.25, 0.3) is 0 Å². The van der Waals surface area contributed by atoms with E-state index in [0.717, 1.165) is 64.2 Å². The van der Waals surface area contributed by atoms with E-state index < -0.39 is 18.2 Å². The van der Waals surface area contributed by atoms with Crippen molar-refractivity contribution < 1.29 is 24.2 Å². The molecule has 0 aliphatic rings. The van der Waals surface area contributed by atoms with Crippen LogP contribution in [0.5, 0.6) is 0 Å². The molecule has 0 aliphatic carbocycles. The third-order valence-corrected chi connectivity index (χ3v) is 9.32. The molecule has 304 valence electrons. The van der Waals surface area contributed by atoms with Crippen LogP contribution >= 0.6 is 48.0 Å². The zero-order chi connectivity index (χ0) is 36.0. The summed E-state index contributed by atoms with van der Waals surface area (Å²) in [6.07, 6.45) is 39.5. The van der Waals surface area contributed by atoms with Gasteiger partial charge in [-0.05, 0) is 70.6 Å². The van der Waals surface area contributed by atoms with Crippen LogP contribution in [0.4, 0.5) is 0 Å². The first-order chi connectivity index (χ1) is 24.0. The lowest BCUT2D eigenvalue weighted by Crippen LogP contribution is -2.51. The van der Waals surface area contributed by atoms with Crippen molar-refractivity contribution in [2.45, 2.75) is 218 Å². The molecular weight excluding hydrogens is 866 g/mol. The van der Waals surface area contributed by atoms with E-state index in [1.165, 1.54) is 103 Å². The predicted octanol–water partition coefficient (Wildman–Crippen LogP) is 11.8. The summed E-state index contributed by atoms with van der Waals surface area (Å²) in [5.41, 5.74) is 12.2. The third kappa shape index (κ3) is 37.9. The van der Waals surface area contributed by atoms with Gasteiger partial charge in [0.1, 0.15) is 0 Å². The summed E-state index contributed by atoms with van der Waals surface area (Å²) < 4.78 is 11.4. The fourth-order valence-corrected chi connectivity index (χ4v) is 6.12. The largest absolute Gasteiger partial charge is 0.457 e. The van der Waals surface area contributed by atoms with Gasteiger partial charge in [-0.15, -0.1) is 48.0 Å². The van der Waals surface area contributed by atoms with E-state index in [-0.39, 0.29) is 79.5 Å². The predicted molar refractivity (Wildman–Crippen MR) is 238 cm³/mol. The first-order valence-corrected chi connectivity index (χ1v) is 20.7. The Bertz CT molecular complexity index is 799. The van der Waals surface area contributed by atoms with Gasteiger partial charge in [-0.2, -0.15) is 0 Å². The summed E-state index contributed by atoms with van der Waals surface area (Å²) in [6.45, 7) is 4.36. The van der Waals surface area contributed by atoms with Crippen molar-refractivity contribution in [3.05, 3.63) is 24.3 Å². The minimum Gasteiger partial charge on any atom is -0.457 e. The summed E-state index contributed by atoms with van der Waals surface area (Å²) in [5.74, 6) is -0.703. The fraction of sp³-hybridized carbons (Fsp3) is 0.857. The standard InChI is InChI=1S/C42H80N2O5.2HI/c1-3-5-7-9-11-13-15-17-19-21-23-25-27-29-31-33-40(46)48-39(37-43)42(38(44)35-36-45)49-41(47)34-32-30-28-26-24-22-20-18-16-14-12-10-8-6-4-2;;/h17-20,38-39,42,45H,3-16,21-37,43-44H2,1-2H3;2*1H/b19-17-,20-18-;;. The molecule has 0 saturated heterocycles. The Morgan fingerprint density at radius 1 is 0.549 bits per heavy atom. The molecule has 0 aromatic rings. The van der Waals surface area contributed by atoms with E-state index in [4.69, 9.17) is 20.9 Å². The van der Waals surface area contributed by atoms with Crippen LogP contribution in [0, 0.1) is 0 Å². The van der Waals surface area contributed by atoms with E-state index in [1.807, 2.05) is 0 Å². The molecule has 0 aromatic carbocycles. The molecule has 51 heavy (non-hydrogen) atoms. The Morgan fingerprint density at radius 2 is 0.882 bits per heavy atom. The number of nitrogens with two attached hydrogens (primary N) is 2. The Kier molecular flexibility index (Phi) is 47.7. The van der Waals surface area contributed by atoms with Crippen LogP contribution in [-0.4, -0.2) is 48.4 Å². The molecule has 7 nitrogen and oxygen atoms in total. The third-order valence-electron chi connectivity index (χ3n) is 9.32. The summed E-state index contributed by atoms with van der Waals surface area (Å²) in [4.78, 5) is 25.3. The fourth-order valence-electron chi connectivity index (χ4n) is 6.12. The van der Waals surface area contributed by atoms with Crippen LogP contribution in [-0.2, 0) is 19.1 Å². The number of unbranched alkanes of at least 4 members (excludes halogenated alkanes) is 22. The molecule has 0 saturated carbocycles. The summed E-state index contributed by atoms with van der Waals surface area (Å²) >= 11 is 0. The Hall–Kier alpha value is -0.240. The van der Waals surface area contributed by atoms with Gasteiger partial charge >= 0.3 is 11.9 Å².